The van der Waals surface area contributed by atoms with E-state index < -0.39 is 0 Å². The predicted molar refractivity (Wildman–Crippen MR) is 111 cm³/mol. The van der Waals surface area contributed by atoms with Crippen molar-refractivity contribution in [2.75, 3.05) is 0 Å². The lowest BCUT2D eigenvalue weighted by molar-refractivity contribution is 0.957. The van der Waals surface area contributed by atoms with Crippen molar-refractivity contribution in [1.82, 2.24) is 0 Å². The third-order valence-electron chi connectivity index (χ3n) is 4.80. The van der Waals surface area contributed by atoms with Crippen LogP contribution < -0.4 is 0 Å². The number of rotatable bonds is 5. The highest BCUT2D eigenvalue weighted by molar-refractivity contribution is 5.44. The molecule has 0 aliphatic carbocycles. The molecule has 3 aromatic rings. The quantitative estimate of drug-likeness (QED) is 0.501. The number of hydrogen-bond acceptors (Lipinski definition) is 0. The minimum absolute atomic E-state index is 1.07. The van der Waals surface area contributed by atoms with Gasteiger partial charge in [-0.2, -0.15) is 0 Å². The molecular formula is C26H26. The Morgan fingerprint density at radius 3 is 1.15 bits per heavy atom. The molecule has 26 heavy (non-hydrogen) atoms. The van der Waals surface area contributed by atoms with Gasteiger partial charge in [-0.3, -0.25) is 0 Å². The maximum absolute atomic E-state index is 3.26. The summed E-state index contributed by atoms with van der Waals surface area (Å²) in [7, 11) is 0. The van der Waals surface area contributed by atoms with Crippen LogP contribution in [0.2, 0.25) is 0 Å². The van der Waals surface area contributed by atoms with Gasteiger partial charge in [-0.1, -0.05) is 74.2 Å². The summed E-state index contributed by atoms with van der Waals surface area (Å²) in [6.07, 6.45) is 4.32. The molecule has 0 spiro atoms. The van der Waals surface area contributed by atoms with E-state index in [-0.39, 0.29) is 0 Å². The Morgan fingerprint density at radius 2 is 0.769 bits per heavy atom. The number of aryl methyl sites for hydroxylation is 4. The summed E-state index contributed by atoms with van der Waals surface area (Å²) in [5.74, 6) is 6.51. The van der Waals surface area contributed by atoms with Crippen LogP contribution in [-0.4, -0.2) is 0 Å². The SMILES string of the molecule is CCc1ccc(C#Cc2ccc(CCc3ccc(CC)cc3)cc2)cc1. The Kier molecular flexibility index (Phi) is 6.29. The molecule has 0 radical (unpaired) electrons. The predicted octanol–water partition coefficient (Wildman–Crippen LogP) is 6.00. The lowest BCUT2D eigenvalue weighted by atomic mass is 10.0. The minimum atomic E-state index is 1.07. The summed E-state index contributed by atoms with van der Waals surface area (Å²) in [6.45, 7) is 4.36. The van der Waals surface area contributed by atoms with Crippen molar-refractivity contribution in [2.45, 2.75) is 39.5 Å². The van der Waals surface area contributed by atoms with Gasteiger partial charge in [0.1, 0.15) is 0 Å². The van der Waals surface area contributed by atoms with Crippen molar-refractivity contribution in [2.24, 2.45) is 0 Å². The summed E-state index contributed by atoms with van der Waals surface area (Å²) in [6, 6.07) is 26.1. The summed E-state index contributed by atoms with van der Waals surface area (Å²) in [5.41, 5.74) is 7.66. The van der Waals surface area contributed by atoms with E-state index in [1.54, 1.807) is 0 Å². The molecule has 0 unspecified atom stereocenters. The molecule has 0 heterocycles. The number of hydrogen-bond donors (Lipinski definition) is 0. The van der Waals surface area contributed by atoms with E-state index in [0.717, 1.165) is 36.8 Å². The highest BCUT2D eigenvalue weighted by atomic mass is 14.0. The lowest BCUT2D eigenvalue weighted by Gasteiger charge is -2.04. The van der Waals surface area contributed by atoms with Gasteiger partial charge in [-0.25, -0.2) is 0 Å². The van der Waals surface area contributed by atoms with Crippen LogP contribution in [0.1, 0.15) is 47.2 Å². The molecule has 0 N–H and O–H groups in total. The molecule has 0 bridgehead atoms. The van der Waals surface area contributed by atoms with Gasteiger partial charge in [0.25, 0.3) is 0 Å². The second-order valence-corrected chi connectivity index (χ2v) is 6.67. The average Bonchev–Trinajstić information content (AvgIpc) is 2.72. The fourth-order valence-electron chi connectivity index (χ4n) is 2.95. The summed E-state index contributed by atoms with van der Waals surface area (Å²) in [4.78, 5) is 0. The van der Waals surface area contributed by atoms with E-state index in [0.29, 0.717) is 0 Å². The van der Waals surface area contributed by atoms with Gasteiger partial charge in [0.05, 0.1) is 0 Å². The molecule has 0 saturated carbocycles. The molecule has 0 fully saturated rings. The van der Waals surface area contributed by atoms with E-state index in [4.69, 9.17) is 0 Å². The van der Waals surface area contributed by atoms with Crippen LogP contribution in [0.3, 0.4) is 0 Å². The first-order chi connectivity index (χ1) is 12.8. The van der Waals surface area contributed by atoms with Gasteiger partial charge in [0, 0.05) is 11.1 Å². The molecule has 0 aliphatic heterocycles. The smallest absolute Gasteiger partial charge is 0.0249 e. The Labute approximate surface area is 157 Å². The van der Waals surface area contributed by atoms with Crippen molar-refractivity contribution < 1.29 is 0 Å². The van der Waals surface area contributed by atoms with Crippen molar-refractivity contribution >= 4 is 0 Å². The van der Waals surface area contributed by atoms with Crippen molar-refractivity contribution in [3.05, 3.63) is 106 Å². The third kappa shape index (κ3) is 5.11. The Bertz CT molecular complexity index is 870. The standard InChI is InChI=1S/C26H26/c1-3-21-5-9-23(10-6-21)13-15-25-17-19-26(20-18-25)16-14-24-11-7-22(4-2)8-12-24/h5-12,17-20H,3-4,13,15H2,1-2H3. The molecule has 0 nitrogen and oxygen atoms in total. The second-order valence-electron chi connectivity index (χ2n) is 6.67. The lowest BCUT2D eigenvalue weighted by Crippen LogP contribution is -1.92. The molecule has 3 aromatic carbocycles. The fraction of sp³-hybridized carbons (Fsp3) is 0.231. The third-order valence-corrected chi connectivity index (χ3v) is 4.80. The first kappa shape index (κ1) is 18.0. The van der Waals surface area contributed by atoms with E-state index in [1.807, 2.05) is 0 Å². The van der Waals surface area contributed by atoms with Crippen LogP contribution in [0, 0.1) is 11.8 Å². The molecule has 0 heteroatoms. The molecular weight excluding hydrogens is 312 g/mol. The van der Waals surface area contributed by atoms with Crippen LogP contribution >= 0.6 is 0 Å². The van der Waals surface area contributed by atoms with Gasteiger partial charge in [0.2, 0.25) is 0 Å². The maximum Gasteiger partial charge on any atom is 0.0249 e. The van der Waals surface area contributed by atoms with E-state index in [9.17, 15) is 0 Å². The summed E-state index contributed by atoms with van der Waals surface area (Å²) in [5, 5.41) is 0. The molecule has 0 aliphatic rings. The summed E-state index contributed by atoms with van der Waals surface area (Å²) >= 11 is 0. The van der Waals surface area contributed by atoms with Gasteiger partial charge >= 0.3 is 0 Å². The minimum Gasteiger partial charge on any atom is -0.0617 e. The van der Waals surface area contributed by atoms with Crippen molar-refractivity contribution in [1.29, 1.82) is 0 Å². The Hall–Kier alpha value is -2.78. The van der Waals surface area contributed by atoms with Crippen LogP contribution in [0.4, 0.5) is 0 Å². The zero-order valence-corrected chi connectivity index (χ0v) is 15.8. The van der Waals surface area contributed by atoms with E-state index in [1.165, 1.54) is 22.3 Å². The molecule has 3 rings (SSSR count). The van der Waals surface area contributed by atoms with Crippen LogP contribution in [0.15, 0.2) is 72.8 Å². The molecule has 0 atom stereocenters. The van der Waals surface area contributed by atoms with Crippen LogP contribution in [-0.2, 0) is 25.7 Å². The van der Waals surface area contributed by atoms with Gasteiger partial charge in [0.15, 0.2) is 0 Å². The zero-order chi connectivity index (χ0) is 18.2. The highest BCUT2D eigenvalue weighted by Gasteiger charge is 1.97. The van der Waals surface area contributed by atoms with Gasteiger partial charge < -0.3 is 0 Å². The monoisotopic (exact) mass is 338 g/mol. The van der Waals surface area contributed by atoms with Gasteiger partial charge in [-0.15, -0.1) is 0 Å². The molecule has 0 amide bonds. The van der Waals surface area contributed by atoms with Crippen molar-refractivity contribution in [3.63, 3.8) is 0 Å². The first-order valence-electron chi connectivity index (χ1n) is 9.54. The van der Waals surface area contributed by atoms with E-state index in [2.05, 4.69) is 98.5 Å². The fourth-order valence-corrected chi connectivity index (χ4v) is 2.95. The molecule has 0 aromatic heterocycles. The average molecular weight is 338 g/mol. The normalized spacial score (nSPS) is 10.2. The topological polar surface area (TPSA) is 0 Å². The molecule has 0 saturated heterocycles. The summed E-state index contributed by atoms with van der Waals surface area (Å²) < 4.78 is 0. The molecule has 130 valence electrons. The largest absolute Gasteiger partial charge is 0.0617 e. The van der Waals surface area contributed by atoms with Crippen LogP contribution in [0.25, 0.3) is 0 Å². The Morgan fingerprint density at radius 1 is 0.462 bits per heavy atom. The maximum atomic E-state index is 3.26. The van der Waals surface area contributed by atoms with Crippen LogP contribution in [0.5, 0.6) is 0 Å². The van der Waals surface area contributed by atoms with E-state index >= 15 is 0 Å². The number of benzene rings is 3. The first-order valence-corrected chi connectivity index (χ1v) is 9.54. The second kappa shape index (κ2) is 9.07. The zero-order valence-electron chi connectivity index (χ0n) is 15.8. The van der Waals surface area contributed by atoms with Gasteiger partial charge in [-0.05, 0) is 72.2 Å². The Balaban J connectivity index is 1.58. The highest BCUT2D eigenvalue weighted by Crippen LogP contribution is 2.11. The van der Waals surface area contributed by atoms with Crippen molar-refractivity contribution in [3.8, 4) is 11.8 Å².